The van der Waals surface area contributed by atoms with Crippen LogP contribution in [0, 0.1) is 0 Å². The Morgan fingerprint density at radius 3 is 3.13 bits per heavy atom. The lowest BCUT2D eigenvalue weighted by molar-refractivity contribution is 0.102. The zero-order valence-electron chi connectivity index (χ0n) is 9.33. The monoisotopic (exact) mass is 212 g/mol. The molecule has 2 fully saturated rings. The van der Waals surface area contributed by atoms with Crippen LogP contribution in [0.4, 0.5) is 4.79 Å². The summed E-state index contributed by atoms with van der Waals surface area (Å²) in [5.74, 6) is 0. The van der Waals surface area contributed by atoms with Crippen LogP contribution in [0.25, 0.3) is 0 Å². The quantitative estimate of drug-likeness (QED) is 0.748. The highest BCUT2D eigenvalue weighted by atomic mass is 16.4. The molecule has 4 heteroatoms. The topological polar surface area (TPSA) is 52.6 Å². The minimum atomic E-state index is -0.760. The number of carbonyl (C=O) groups is 1. The predicted molar refractivity (Wildman–Crippen MR) is 58.0 cm³/mol. The maximum Gasteiger partial charge on any atom is 0.407 e. The first-order chi connectivity index (χ1) is 7.15. The summed E-state index contributed by atoms with van der Waals surface area (Å²) in [7, 11) is 0. The van der Waals surface area contributed by atoms with E-state index < -0.39 is 6.09 Å². The van der Waals surface area contributed by atoms with Gasteiger partial charge in [0.05, 0.1) is 0 Å². The molecular weight excluding hydrogens is 192 g/mol. The third-order valence-electron chi connectivity index (χ3n) is 3.70. The highest BCUT2D eigenvalue weighted by Gasteiger charge is 2.45. The number of amides is 1. The second-order valence-corrected chi connectivity index (χ2v) is 4.93. The Morgan fingerprint density at radius 2 is 2.47 bits per heavy atom. The summed E-state index contributed by atoms with van der Waals surface area (Å²) in [4.78, 5) is 12.6. The van der Waals surface area contributed by atoms with Crippen molar-refractivity contribution in [2.24, 2.45) is 0 Å². The first-order valence-electron chi connectivity index (χ1n) is 5.91. The van der Waals surface area contributed by atoms with Gasteiger partial charge in [-0.25, -0.2) is 4.79 Å². The number of piperazine rings is 1. The van der Waals surface area contributed by atoms with Crippen molar-refractivity contribution in [1.29, 1.82) is 0 Å². The van der Waals surface area contributed by atoms with Gasteiger partial charge in [-0.05, 0) is 19.3 Å². The molecule has 2 rings (SSSR count). The van der Waals surface area contributed by atoms with Gasteiger partial charge >= 0.3 is 6.09 Å². The molecule has 2 unspecified atom stereocenters. The van der Waals surface area contributed by atoms with Gasteiger partial charge in [0.1, 0.15) is 0 Å². The van der Waals surface area contributed by atoms with Crippen LogP contribution in [0.1, 0.15) is 39.0 Å². The van der Waals surface area contributed by atoms with Gasteiger partial charge in [0.2, 0.25) is 0 Å². The van der Waals surface area contributed by atoms with Crippen LogP contribution in [-0.4, -0.2) is 40.8 Å². The number of hydrogen-bond acceptors (Lipinski definition) is 2. The molecule has 2 N–H and O–H groups in total. The molecule has 0 saturated carbocycles. The molecule has 86 valence electrons. The number of carboxylic acid groups (broad SMARTS) is 1. The molecule has 2 heterocycles. The van der Waals surface area contributed by atoms with Gasteiger partial charge in [-0.3, -0.25) is 0 Å². The zero-order chi connectivity index (χ0) is 10.9. The standard InChI is InChI=1S/C11H20N2O2/c1-2-3-5-11-6-4-9(12-11)7-13(8-11)10(14)15/h9,12H,2-8H2,1H3,(H,14,15). The van der Waals surface area contributed by atoms with Crippen LogP contribution in [0.3, 0.4) is 0 Å². The Kier molecular flexibility index (Phi) is 2.87. The molecular formula is C11H20N2O2. The Balaban J connectivity index is 2.02. The van der Waals surface area contributed by atoms with Crippen molar-refractivity contribution in [1.82, 2.24) is 10.2 Å². The van der Waals surface area contributed by atoms with E-state index in [1.807, 2.05) is 0 Å². The van der Waals surface area contributed by atoms with Crippen LogP contribution < -0.4 is 5.32 Å². The van der Waals surface area contributed by atoms with Gasteiger partial charge in [0, 0.05) is 24.7 Å². The lowest BCUT2D eigenvalue weighted by atomic mass is 9.90. The number of fused-ring (bicyclic) bond motifs is 2. The van der Waals surface area contributed by atoms with E-state index in [9.17, 15) is 4.79 Å². The van der Waals surface area contributed by atoms with Crippen LogP contribution in [0.5, 0.6) is 0 Å². The van der Waals surface area contributed by atoms with E-state index in [2.05, 4.69) is 12.2 Å². The fourth-order valence-corrected chi connectivity index (χ4v) is 2.92. The average molecular weight is 212 g/mol. The van der Waals surface area contributed by atoms with Gasteiger partial charge in [-0.15, -0.1) is 0 Å². The van der Waals surface area contributed by atoms with E-state index >= 15 is 0 Å². The number of nitrogens with one attached hydrogen (secondary N) is 1. The molecule has 0 aliphatic carbocycles. The molecule has 0 aromatic heterocycles. The number of hydrogen-bond donors (Lipinski definition) is 2. The second-order valence-electron chi connectivity index (χ2n) is 4.93. The number of unbranched alkanes of at least 4 members (excludes halogenated alkanes) is 1. The van der Waals surface area contributed by atoms with E-state index in [-0.39, 0.29) is 5.54 Å². The molecule has 2 atom stereocenters. The maximum absolute atomic E-state index is 11.0. The van der Waals surface area contributed by atoms with Gasteiger partial charge in [-0.2, -0.15) is 0 Å². The molecule has 2 aliphatic rings. The summed E-state index contributed by atoms with van der Waals surface area (Å²) >= 11 is 0. The smallest absolute Gasteiger partial charge is 0.407 e. The Morgan fingerprint density at radius 1 is 1.67 bits per heavy atom. The van der Waals surface area contributed by atoms with Crippen molar-refractivity contribution in [3.63, 3.8) is 0 Å². The third-order valence-corrected chi connectivity index (χ3v) is 3.70. The second kappa shape index (κ2) is 4.00. The summed E-state index contributed by atoms with van der Waals surface area (Å²) < 4.78 is 0. The van der Waals surface area contributed by atoms with E-state index in [4.69, 9.17) is 5.11 Å². The number of rotatable bonds is 3. The van der Waals surface area contributed by atoms with E-state index in [0.717, 1.165) is 19.3 Å². The molecule has 4 nitrogen and oxygen atoms in total. The fraction of sp³-hybridized carbons (Fsp3) is 0.909. The fourth-order valence-electron chi connectivity index (χ4n) is 2.92. The Labute approximate surface area is 90.6 Å². The van der Waals surface area contributed by atoms with Crippen LogP contribution in [-0.2, 0) is 0 Å². The van der Waals surface area contributed by atoms with Crippen molar-refractivity contribution in [3.8, 4) is 0 Å². The number of likely N-dealkylation sites (tertiary alicyclic amines) is 1. The van der Waals surface area contributed by atoms with Crippen LogP contribution in [0.2, 0.25) is 0 Å². The lowest BCUT2D eigenvalue weighted by Crippen LogP contribution is -2.60. The van der Waals surface area contributed by atoms with E-state index in [1.165, 1.54) is 12.8 Å². The normalized spacial score (nSPS) is 34.5. The highest BCUT2D eigenvalue weighted by Crippen LogP contribution is 2.33. The van der Waals surface area contributed by atoms with Crippen molar-refractivity contribution < 1.29 is 9.90 Å². The SMILES string of the molecule is CCCCC12CCC(CN(C(=O)O)C1)N2. The molecule has 0 radical (unpaired) electrons. The molecule has 1 amide bonds. The first kappa shape index (κ1) is 10.7. The third kappa shape index (κ3) is 2.09. The predicted octanol–water partition coefficient (Wildman–Crippen LogP) is 1.66. The Hall–Kier alpha value is -0.770. The van der Waals surface area contributed by atoms with Gasteiger partial charge in [0.25, 0.3) is 0 Å². The molecule has 2 saturated heterocycles. The first-order valence-corrected chi connectivity index (χ1v) is 5.91. The molecule has 0 spiro atoms. The summed E-state index contributed by atoms with van der Waals surface area (Å²) in [6, 6.07) is 0.395. The molecule has 2 aliphatic heterocycles. The average Bonchev–Trinajstić information content (AvgIpc) is 2.51. The van der Waals surface area contributed by atoms with Crippen LogP contribution >= 0.6 is 0 Å². The van der Waals surface area contributed by atoms with Crippen molar-refractivity contribution in [2.75, 3.05) is 13.1 Å². The summed E-state index contributed by atoms with van der Waals surface area (Å²) in [6.07, 6.45) is 5.00. The van der Waals surface area contributed by atoms with Crippen molar-refractivity contribution in [3.05, 3.63) is 0 Å². The van der Waals surface area contributed by atoms with E-state index in [1.54, 1.807) is 4.90 Å². The maximum atomic E-state index is 11.0. The van der Waals surface area contributed by atoms with Gasteiger partial charge < -0.3 is 15.3 Å². The van der Waals surface area contributed by atoms with Crippen LogP contribution in [0.15, 0.2) is 0 Å². The minimum absolute atomic E-state index is 0.0946. The van der Waals surface area contributed by atoms with Gasteiger partial charge in [0.15, 0.2) is 0 Å². The molecule has 15 heavy (non-hydrogen) atoms. The summed E-state index contributed by atoms with van der Waals surface area (Å²) in [5.41, 5.74) is 0.0946. The van der Waals surface area contributed by atoms with Gasteiger partial charge in [-0.1, -0.05) is 19.8 Å². The summed E-state index contributed by atoms with van der Waals surface area (Å²) in [5, 5.41) is 12.7. The molecule has 0 aromatic rings. The highest BCUT2D eigenvalue weighted by molar-refractivity contribution is 5.65. The van der Waals surface area contributed by atoms with Crippen molar-refractivity contribution >= 4 is 6.09 Å². The lowest BCUT2D eigenvalue weighted by Gasteiger charge is -2.40. The zero-order valence-corrected chi connectivity index (χ0v) is 9.33. The number of nitrogens with zero attached hydrogens (tertiary/aromatic N) is 1. The molecule has 2 bridgehead atoms. The summed E-state index contributed by atoms with van der Waals surface area (Å²) in [6.45, 7) is 3.53. The van der Waals surface area contributed by atoms with E-state index in [0.29, 0.717) is 19.1 Å². The largest absolute Gasteiger partial charge is 0.465 e. The Bertz CT molecular complexity index is 257. The molecule has 0 aromatic carbocycles. The minimum Gasteiger partial charge on any atom is -0.465 e. The van der Waals surface area contributed by atoms with Crippen molar-refractivity contribution in [2.45, 2.75) is 50.6 Å².